The maximum atomic E-state index is 13.2. The number of thioether (sulfide) groups is 1. The van der Waals surface area contributed by atoms with Crippen LogP contribution in [0.15, 0.2) is 17.0 Å². The molecule has 0 aliphatic rings. The van der Waals surface area contributed by atoms with E-state index in [0.29, 0.717) is 12.2 Å². The molecule has 0 amide bonds. The lowest BCUT2D eigenvalue weighted by molar-refractivity contribution is 0.296. The molecule has 3 N–H and O–H groups in total. The molecular weight excluding hydrogens is 208 g/mol. The topological polar surface area (TPSA) is 46.2 Å². The molecule has 0 aliphatic carbocycles. The molecule has 5 heteroatoms. The van der Waals surface area contributed by atoms with Crippen LogP contribution in [0.3, 0.4) is 0 Å². The molecular formula is C9H11F2NOS. The van der Waals surface area contributed by atoms with Gasteiger partial charge in [-0.2, -0.15) is 0 Å². The number of rotatable bonds is 4. The van der Waals surface area contributed by atoms with Crippen molar-refractivity contribution in [2.24, 2.45) is 0 Å². The van der Waals surface area contributed by atoms with Crippen LogP contribution in [0.5, 0.6) is 0 Å². The largest absolute Gasteiger partial charge is 0.398 e. The van der Waals surface area contributed by atoms with Gasteiger partial charge < -0.3 is 10.8 Å². The van der Waals surface area contributed by atoms with Crippen LogP contribution >= 0.6 is 11.8 Å². The normalized spacial score (nSPS) is 10.5. The fraction of sp³-hybridized carbons (Fsp3) is 0.333. The van der Waals surface area contributed by atoms with Crippen molar-refractivity contribution >= 4 is 17.4 Å². The van der Waals surface area contributed by atoms with Crippen molar-refractivity contribution in [1.29, 1.82) is 0 Å². The van der Waals surface area contributed by atoms with Crippen molar-refractivity contribution in [2.45, 2.75) is 11.3 Å². The third-order valence-corrected chi connectivity index (χ3v) is 2.83. The van der Waals surface area contributed by atoms with Crippen molar-refractivity contribution in [3.05, 3.63) is 23.8 Å². The number of benzene rings is 1. The zero-order chi connectivity index (χ0) is 10.6. The number of nitrogens with two attached hydrogens (primary N) is 1. The van der Waals surface area contributed by atoms with Crippen LogP contribution in [0, 0.1) is 11.6 Å². The average molecular weight is 219 g/mol. The van der Waals surface area contributed by atoms with Gasteiger partial charge >= 0.3 is 0 Å². The molecule has 0 atom stereocenters. The first-order valence-corrected chi connectivity index (χ1v) is 5.12. The second-order valence-electron chi connectivity index (χ2n) is 2.71. The number of anilines is 1. The monoisotopic (exact) mass is 219 g/mol. The molecule has 2 nitrogen and oxygen atoms in total. The summed E-state index contributed by atoms with van der Waals surface area (Å²) in [4.78, 5) is 0.124. The van der Waals surface area contributed by atoms with Crippen LogP contribution < -0.4 is 5.73 Å². The number of aliphatic hydroxyl groups is 1. The quantitative estimate of drug-likeness (QED) is 0.462. The fourth-order valence-electron chi connectivity index (χ4n) is 0.932. The van der Waals surface area contributed by atoms with Gasteiger partial charge in [-0.3, -0.25) is 0 Å². The van der Waals surface area contributed by atoms with Gasteiger partial charge in [0.25, 0.3) is 0 Å². The molecule has 0 saturated carbocycles. The summed E-state index contributed by atoms with van der Waals surface area (Å²) < 4.78 is 25.9. The standard InChI is InChI=1S/C9H11F2NOS/c10-6-2-3-7(12)9(8(6)11)14-5-1-4-13/h2-3,13H,1,4-5,12H2. The van der Waals surface area contributed by atoms with Crippen LogP contribution in [0.1, 0.15) is 6.42 Å². The molecule has 14 heavy (non-hydrogen) atoms. The molecule has 0 aliphatic heterocycles. The Hall–Kier alpha value is -0.810. The predicted molar refractivity (Wildman–Crippen MR) is 53.2 cm³/mol. The predicted octanol–water partition coefficient (Wildman–Crippen LogP) is 2.02. The van der Waals surface area contributed by atoms with E-state index in [1.807, 2.05) is 0 Å². The van der Waals surface area contributed by atoms with E-state index in [1.165, 1.54) is 6.07 Å². The molecule has 0 spiro atoms. The molecule has 1 aromatic rings. The summed E-state index contributed by atoms with van der Waals surface area (Å²) in [5.74, 6) is -1.29. The van der Waals surface area contributed by atoms with E-state index in [1.54, 1.807) is 0 Å². The highest BCUT2D eigenvalue weighted by atomic mass is 32.2. The summed E-state index contributed by atoms with van der Waals surface area (Å²) in [6.45, 7) is 0.0316. The summed E-state index contributed by atoms with van der Waals surface area (Å²) in [7, 11) is 0. The third kappa shape index (κ3) is 2.59. The maximum Gasteiger partial charge on any atom is 0.174 e. The van der Waals surface area contributed by atoms with Gasteiger partial charge in [-0.1, -0.05) is 0 Å². The highest BCUT2D eigenvalue weighted by molar-refractivity contribution is 7.99. The first-order valence-electron chi connectivity index (χ1n) is 4.14. The Morgan fingerprint density at radius 1 is 1.36 bits per heavy atom. The number of hydrogen-bond donors (Lipinski definition) is 2. The lowest BCUT2D eigenvalue weighted by Gasteiger charge is -2.06. The van der Waals surface area contributed by atoms with E-state index in [0.717, 1.165) is 17.8 Å². The van der Waals surface area contributed by atoms with E-state index in [4.69, 9.17) is 10.8 Å². The molecule has 0 saturated heterocycles. The van der Waals surface area contributed by atoms with Crippen molar-refractivity contribution in [2.75, 3.05) is 18.1 Å². The first-order chi connectivity index (χ1) is 6.66. The molecule has 0 bridgehead atoms. The van der Waals surface area contributed by atoms with Gasteiger partial charge in [0.2, 0.25) is 0 Å². The molecule has 0 fully saturated rings. The van der Waals surface area contributed by atoms with Gasteiger partial charge in [-0.25, -0.2) is 8.78 Å². The Balaban J connectivity index is 2.79. The third-order valence-electron chi connectivity index (χ3n) is 1.63. The molecule has 0 unspecified atom stereocenters. The van der Waals surface area contributed by atoms with Crippen molar-refractivity contribution in [3.63, 3.8) is 0 Å². The van der Waals surface area contributed by atoms with Gasteiger partial charge in [-0.05, 0) is 18.6 Å². The van der Waals surface area contributed by atoms with Crippen molar-refractivity contribution < 1.29 is 13.9 Å². The Morgan fingerprint density at radius 3 is 2.71 bits per heavy atom. The molecule has 0 aromatic heterocycles. The summed E-state index contributed by atoms with van der Waals surface area (Å²) in [6, 6.07) is 2.33. The zero-order valence-electron chi connectivity index (χ0n) is 7.46. The van der Waals surface area contributed by atoms with E-state index < -0.39 is 11.6 Å². The van der Waals surface area contributed by atoms with Crippen LogP contribution in [-0.4, -0.2) is 17.5 Å². The van der Waals surface area contributed by atoms with E-state index >= 15 is 0 Å². The second-order valence-corrected chi connectivity index (χ2v) is 3.81. The minimum absolute atomic E-state index is 0.0316. The Bertz CT molecular complexity index is 320. The lowest BCUT2D eigenvalue weighted by atomic mass is 10.3. The average Bonchev–Trinajstić information content (AvgIpc) is 2.18. The van der Waals surface area contributed by atoms with Crippen LogP contribution in [0.25, 0.3) is 0 Å². The van der Waals surface area contributed by atoms with E-state index in [2.05, 4.69) is 0 Å². The van der Waals surface area contributed by atoms with Gasteiger partial charge in [0.1, 0.15) is 0 Å². The lowest BCUT2D eigenvalue weighted by Crippen LogP contribution is -1.96. The SMILES string of the molecule is Nc1ccc(F)c(F)c1SCCCO. The van der Waals surface area contributed by atoms with Crippen molar-refractivity contribution in [3.8, 4) is 0 Å². The fourth-order valence-corrected chi connectivity index (χ4v) is 1.87. The van der Waals surface area contributed by atoms with Gasteiger partial charge in [-0.15, -0.1) is 11.8 Å². The summed E-state index contributed by atoms with van der Waals surface area (Å²) in [5.41, 5.74) is 5.71. The molecule has 1 aromatic carbocycles. The smallest absolute Gasteiger partial charge is 0.174 e. The highest BCUT2D eigenvalue weighted by Crippen LogP contribution is 2.29. The van der Waals surface area contributed by atoms with Crippen molar-refractivity contribution in [1.82, 2.24) is 0 Å². The number of nitrogen functional groups attached to an aromatic ring is 1. The Labute approximate surface area is 85.1 Å². The minimum Gasteiger partial charge on any atom is -0.398 e. The van der Waals surface area contributed by atoms with Gasteiger partial charge in [0, 0.05) is 18.0 Å². The molecule has 78 valence electrons. The molecule has 0 heterocycles. The minimum atomic E-state index is -0.909. The zero-order valence-corrected chi connectivity index (χ0v) is 8.28. The van der Waals surface area contributed by atoms with E-state index in [-0.39, 0.29) is 17.2 Å². The maximum absolute atomic E-state index is 13.2. The number of hydrogen-bond acceptors (Lipinski definition) is 3. The Morgan fingerprint density at radius 2 is 2.07 bits per heavy atom. The Kier molecular flexibility index (Phi) is 4.16. The summed E-state index contributed by atoms with van der Waals surface area (Å²) in [5, 5.41) is 8.53. The number of aliphatic hydroxyl groups excluding tert-OH is 1. The first kappa shape index (κ1) is 11.3. The van der Waals surface area contributed by atoms with E-state index in [9.17, 15) is 8.78 Å². The van der Waals surface area contributed by atoms with Crippen LogP contribution in [0.2, 0.25) is 0 Å². The second kappa shape index (κ2) is 5.17. The number of halogens is 2. The summed E-state index contributed by atoms with van der Waals surface area (Å²) >= 11 is 1.11. The summed E-state index contributed by atoms with van der Waals surface area (Å²) in [6.07, 6.45) is 0.528. The molecule has 0 radical (unpaired) electrons. The highest BCUT2D eigenvalue weighted by Gasteiger charge is 2.11. The van der Waals surface area contributed by atoms with Gasteiger partial charge in [0.15, 0.2) is 11.6 Å². The van der Waals surface area contributed by atoms with Crippen LogP contribution in [-0.2, 0) is 0 Å². The molecule has 1 rings (SSSR count). The van der Waals surface area contributed by atoms with Gasteiger partial charge in [0.05, 0.1) is 4.90 Å². The van der Waals surface area contributed by atoms with Crippen LogP contribution in [0.4, 0.5) is 14.5 Å².